The van der Waals surface area contributed by atoms with Gasteiger partial charge in [0.05, 0.1) is 18.8 Å². The molecule has 0 spiro atoms. The molecule has 1 aromatic rings. The van der Waals surface area contributed by atoms with Crippen LogP contribution in [0, 0.1) is 0 Å². The summed E-state index contributed by atoms with van der Waals surface area (Å²) >= 11 is 0. The molecule has 1 saturated carbocycles. The minimum Gasteiger partial charge on any atom is -0.481 e. The van der Waals surface area contributed by atoms with Crippen LogP contribution in [0.3, 0.4) is 0 Å². The molecule has 2 atom stereocenters. The lowest BCUT2D eigenvalue weighted by atomic mass is 10.1. The van der Waals surface area contributed by atoms with Crippen molar-refractivity contribution in [2.75, 3.05) is 13.7 Å². The zero-order chi connectivity index (χ0) is 11.8. The van der Waals surface area contributed by atoms with E-state index in [0.717, 1.165) is 24.7 Å². The molecule has 0 bridgehead atoms. The van der Waals surface area contributed by atoms with Crippen molar-refractivity contribution in [3.05, 3.63) is 23.9 Å². The van der Waals surface area contributed by atoms with Gasteiger partial charge >= 0.3 is 0 Å². The van der Waals surface area contributed by atoms with Crippen LogP contribution in [0.2, 0.25) is 0 Å². The maximum absolute atomic E-state index is 6.24. The molecule has 1 aromatic heterocycles. The fourth-order valence-electron chi connectivity index (χ4n) is 2.76. The Morgan fingerprint density at radius 3 is 2.88 bits per heavy atom. The van der Waals surface area contributed by atoms with Crippen molar-refractivity contribution in [3.63, 3.8) is 0 Å². The van der Waals surface area contributed by atoms with Gasteiger partial charge in [-0.3, -0.25) is 4.90 Å². The summed E-state index contributed by atoms with van der Waals surface area (Å²) in [6.07, 6.45) is 3.69. The van der Waals surface area contributed by atoms with Crippen molar-refractivity contribution in [2.45, 2.75) is 37.4 Å². The molecule has 92 valence electrons. The van der Waals surface area contributed by atoms with Crippen LogP contribution in [0.5, 0.6) is 5.88 Å². The van der Waals surface area contributed by atoms with Gasteiger partial charge in [-0.1, -0.05) is 6.07 Å². The highest BCUT2D eigenvalue weighted by atomic mass is 16.5. The van der Waals surface area contributed by atoms with Gasteiger partial charge in [-0.15, -0.1) is 0 Å². The Hall–Kier alpha value is -1.13. The standard InChI is InChI=1S/C13H19N3O/c1-17-12-4-2-3-11(15-12)13-10(14)7-8-16(13)9-5-6-9/h2-4,9-10,13H,5-8,14H2,1H3. The molecule has 4 nitrogen and oxygen atoms in total. The number of pyridine rings is 1. The fourth-order valence-corrected chi connectivity index (χ4v) is 2.76. The molecule has 2 unspecified atom stereocenters. The van der Waals surface area contributed by atoms with Crippen LogP contribution in [-0.2, 0) is 0 Å². The molecule has 0 amide bonds. The molecule has 17 heavy (non-hydrogen) atoms. The Morgan fingerprint density at radius 2 is 2.18 bits per heavy atom. The predicted molar refractivity (Wildman–Crippen MR) is 65.9 cm³/mol. The highest BCUT2D eigenvalue weighted by molar-refractivity contribution is 5.21. The maximum Gasteiger partial charge on any atom is 0.213 e. The third kappa shape index (κ3) is 2.03. The van der Waals surface area contributed by atoms with Crippen molar-refractivity contribution < 1.29 is 4.74 Å². The fraction of sp³-hybridized carbons (Fsp3) is 0.615. The molecule has 1 aliphatic carbocycles. The Labute approximate surface area is 102 Å². The van der Waals surface area contributed by atoms with Crippen LogP contribution in [-0.4, -0.2) is 35.6 Å². The lowest BCUT2D eigenvalue weighted by Crippen LogP contribution is -2.33. The van der Waals surface area contributed by atoms with Crippen LogP contribution >= 0.6 is 0 Å². The SMILES string of the molecule is COc1cccc(C2C(N)CCN2C2CC2)n1. The second-order valence-electron chi connectivity index (χ2n) is 4.97. The van der Waals surface area contributed by atoms with Crippen LogP contribution in [0.4, 0.5) is 0 Å². The molecule has 2 heterocycles. The monoisotopic (exact) mass is 233 g/mol. The normalized spacial score (nSPS) is 29.5. The first-order valence-corrected chi connectivity index (χ1v) is 6.32. The Balaban J connectivity index is 1.88. The van der Waals surface area contributed by atoms with Gasteiger partial charge < -0.3 is 10.5 Å². The highest BCUT2D eigenvalue weighted by Crippen LogP contribution is 2.39. The molecule has 0 radical (unpaired) electrons. The third-order valence-electron chi connectivity index (χ3n) is 3.76. The molecular formula is C13H19N3O. The van der Waals surface area contributed by atoms with E-state index in [1.165, 1.54) is 12.8 Å². The summed E-state index contributed by atoms with van der Waals surface area (Å²) in [6.45, 7) is 1.11. The second-order valence-corrected chi connectivity index (χ2v) is 4.97. The van der Waals surface area contributed by atoms with E-state index in [9.17, 15) is 0 Å². The summed E-state index contributed by atoms with van der Waals surface area (Å²) in [7, 11) is 1.65. The number of nitrogens with two attached hydrogens (primary N) is 1. The van der Waals surface area contributed by atoms with Crippen molar-refractivity contribution in [2.24, 2.45) is 5.73 Å². The zero-order valence-corrected chi connectivity index (χ0v) is 10.2. The summed E-state index contributed by atoms with van der Waals surface area (Å²) in [5.74, 6) is 0.678. The Kier molecular flexibility index (Phi) is 2.76. The first kappa shape index (κ1) is 11.0. The van der Waals surface area contributed by atoms with Gasteiger partial charge in [-0.25, -0.2) is 4.98 Å². The summed E-state index contributed by atoms with van der Waals surface area (Å²) in [5.41, 5.74) is 7.29. The van der Waals surface area contributed by atoms with E-state index in [1.54, 1.807) is 7.11 Å². The van der Waals surface area contributed by atoms with E-state index in [1.807, 2.05) is 12.1 Å². The topological polar surface area (TPSA) is 51.4 Å². The molecule has 4 heteroatoms. The maximum atomic E-state index is 6.24. The molecule has 2 fully saturated rings. The Bertz CT molecular complexity index is 405. The van der Waals surface area contributed by atoms with Gasteiger partial charge in [-0.05, 0) is 25.3 Å². The summed E-state index contributed by atoms with van der Waals surface area (Å²) < 4.78 is 5.19. The van der Waals surface area contributed by atoms with E-state index in [2.05, 4.69) is 16.0 Å². The number of hydrogen-bond donors (Lipinski definition) is 1. The van der Waals surface area contributed by atoms with Crippen LogP contribution in [0.25, 0.3) is 0 Å². The summed E-state index contributed by atoms with van der Waals surface area (Å²) in [5, 5.41) is 0. The van der Waals surface area contributed by atoms with Crippen LogP contribution in [0.15, 0.2) is 18.2 Å². The molecule has 3 rings (SSSR count). The largest absolute Gasteiger partial charge is 0.481 e. The third-order valence-corrected chi connectivity index (χ3v) is 3.76. The smallest absolute Gasteiger partial charge is 0.213 e. The number of rotatable bonds is 3. The number of hydrogen-bond acceptors (Lipinski definition) is 4. The van der Waals surface area contributed by atoms with Gasteiger partial charge in [-0.2, -0.15) is 0 Å². The molecule has 0 aromatic carbocycles. The highest BCUT2D eigenvalue weighted by Gasteiger charge is 2.41. The van der Waals surface area contributed by atoms with E-state index < -0.39 is 0 Å². The van der Waals surface area contributed by atoms with Crippen LogP contribution < -0.4 is 10.5 Å². The quantitative estimate of drug-likeness (QED) is 0.855. The van der Waals surface area contributed by atoms with Gasteiger partial charge in [0.15, 0.2) is 0 Å². The molecule has 2 aliphatic rings. The van der Waals surface area contributed by atoms with Crippen molar-refractivity contribution in [1.82, 2.24) is 9.88 Å². The van der Waals surface area contributed by atoms with Gasteiger partial charge in [0, 0.05) is 24.7 Å². The zero-order valence-electron chi connectivity index (χ0n) is 10.2. The van der Waals surface area contributed by atoms with E-state index in [4.69, 9.17) is 10.5 Å². The first-order valence-electron chi connectivity index (χ1n) is 6.32. The number of aromatic nitrogens is 1. The van der Waals surface area contributed by atoms with E-state index in [-0.39, 0.29) is 12.1 Å². The molecule has 2 N–H and O–H groups in total. The second kappa shape index (κ2) is 4.27. The number of methoxy groups -OCH3 is 1. The van der Waals surface area contributed by atoms with Crippen LogP contribution in [0.1, 0.15) is 31.0 Å². The first-order chi connectivity index (χ1) is 8.29. The van der Waals surface area contributed by atoms with Gasteiger partial charge in [0.25, 0.3) is 0 Å². The lowest BCUT2D eigenvalue weighted by Gasteiger charge is -2.26. The van der Waals surface area contributed by atoms with E-state index >= 15 is 0 Å². The summed E-state index contributed by atoms with van der Waals surface area (Å²) in [4.78, 5) is 7.06. The van der Waals surface area contributed by atoms with Gasteiger partial charge in [0.2, 0.25) is 5.88 Å². The number of ether oxygens (including phenoxy) is 1. The molecular weight excluding hydrogens is 214 g/mol. The predicted octanol–water partition coefficient (Wildman–Crippen LogP) is 1.33. The minimum atomic E-state index is 0.204. The Morgan fingerprint density at radius 1 is 1.35 bits per heavy atom. The van der Waals surface area contributed by atoms with Gasteiger partial charge in [0.1, 0.15) is 0 Å². The number of likely N-dealkylation sites (tertiary alicyclic amines) is 1. The minimum absolute atomic E-state index is 0.204. The number of nitrogens with zero attached hydrogens (tertiary/aromatic N) is 2. The van der Waals surface area contributed by atoms with Crippen molar-refractivity contribution in [1.29, 1.82) is 0 Å². The lowest BCUT2D eigenvalue weighted by molar-refractivity contribution is 0.232. The molecule has 1 saturated heterocycles. The summed E-state index contributed by atoms with van der Waals surface area (Å²) in [6, 6.07) is 7.16. The van der Waals surface area contributed by atoms with E-state index in [0.29, 0.717) is 5.88 Å². The van der Waals surface area contributed by atoms with Crippen molar-refractivity contribution >= 4 is 0 Å². The van der Waals surface area contributed by atoms with Crippen molar-refractivity contribution in [3.8, 4) is 5.88 Å². The molecule has 1 aliphatic heterocycles. The average Bonchev–Trinajstić information content (AvgIpc) is 3.13. The average molecular weight is 233 g/mol.